The summed E-state index contributed by atoms with van der Waals surface area (Å²) < 4.78 is 7.02. The minimum absolute atomic E-state index is 0.0701. The van der Waals surface area contributed by atoms with Gasteiger partial charge < -0.3 is 19.1 Å². The largest absolute Gasteiger partial charge is 0.462 e. The van der Waals surface area contributed by atoms with Crippen LogP contribution in [0.25, 0.3) is 10.9 Å². The third-order valence-electron chi connectivity index (χ3n) is 5.16. The number of rotatable bonds is 3. The lowest BCUT2D eigenvalue weighted by molar-refractivity contribution is -0.129. The molecule has 7 nitrogen and oxygen atoms in total. The monoisotopic (exact) mass is 421 g/mol. The first-order chi connectivity index (χ1) is 13.4. The number of amides is 1. The molecule has 2 aliphatic heterocycles. The lowest BCUT2D eigenvalue weighted by atomic mass is 10.1. The number of anilines is 1. The van der Waals surface area contributed by atoms with Crippen LogP contribution in [0.15, 0.2) is 22.0 Å². The van der Waals surface area contributed by atoms with Gasteiger partial charge in [-0.25, -0.2) is 4.79 Å². The van der Waals surface area contributed by atoms with E-state index in [1.807, 2.05) is 15.5 Å². The second kappa shape index (κ2) is 7.33. The third kappa shape index (κ3) is 3.04. The van der Waals surface area contributed by atoms with Crippen LogP contribution in [-0.2, 0) is 15.4 Å². The van der Waals surface area contributed by atoms with Gasteiger partial charge in [0.05, 0.1) is 33.7 Å². The molecule has 1 amide bonds. The van der Waals surface area contributed by atoms with Crippen molar-refractivity contribution >= 4 is 51.8 Å². The molecule has 0 radical (unpaired) electrons. The Bertz CT molecular complexity index is 1040. The van der Waals surface area contributed by atoms with Gasteiger partial charge in [-0.1, -0.05) is 23.4 Å². The lowest BCUT2D eigenvalue weighted by Gasteiger charge is -2.36. The summed E-state index contributed by atoms with van der Waals surface area (Å²) in [7, 11) is 0. The zero-order valence-corrected chi connectivity index (χ0v) is 17.2. The Morgan fingerprint density at radius 3 is 2.50 bits per heavy atom. The number of hydrogen-bond donors (Lipinski definition) is 0. The molecule has 2 aliphatic rings. The summed E-state index contributed by atoms with van der Waals surface area (Å²) in [5.41, 5.74) is 1.35. The molecule has 0 N–H and O–H groups in total. The standard InChI is InChI=1S/C19H20ClN3O4S/c1-3-27-19(26)16-17(25)12-8-13(20)15(9-14(12)23-10-28-18(16)23)22-6-4-21(5-7-22)11(2)24/h8-9H,3-7,10H2,1-2H3. The van der Waals surface area contributed by atoms with Crippen molar-refractivity contribution in [3.05, 3.63) is 32.9 Å². The van der Waals surface area contributed by atoms with E-state index in [4.69, 9.17) is 16.3 Å². The van der Waals surface area contributed by atoms with Crippen LogP contribution in [0.1, 0.15) is 24.2 Å². The molecule has 0 spiro atoms. The number of pyridine rings is 1. The van der Waals surface area contributed by atoms with Crippen LogP contribution < -0.4 is 10.3 Å². The van der Waals surface area contributed by atoms with Gasteiger partial charge in [0.25, 0.3) is 0 Å². The maximum atomic E-state index is 13.0. The first kappa shape index (κ1) is 19.1. The van der Waals surface area contributed by atoms with Crippen molar-refractivity contribution in [3.63, 3.8) is 0 Å². The van der Waals surface area contributed by atoms with Crippen molar-refractivity contribution in [2.75, 3.05) is 37.7 Å². The van der Waals surface area contributed by atoms with E-state index in [0.717, 1.165) is 11.2 Å². The molecule has 0 saturated carbocycles. The van der Waals surface area contributed by atoms with Gasteiger partial charge >= 0.3 is 5.97 Å². The molecule has 0 aliphatic carbocycles. The fourth-order valence-corrected chi connectivity index (χ4v) is 4.88. The smallest absolute Gasteiger partial charge is 0.344 e. The first-order valence-corrected chi connectivity index (χ1v) is 10.5. The number of benzene rings is 1. The molecular weight excluding hydrogens is 402 g/mol. The van der Waals surface area contributed by atoms with Gasteiger partial charge in [0.1, 0.15) is 5.56 Å². The van der Waals surface area contributed by atoms with Crippen molar-refractivity contribution in [1.29, 1.82) is 0 Å². The maximum Gasteiger partial charge on any atom is 0.344 e. The van der Waals surface area contributed by atoms with E-state index in [9.17, 15) is 14.4 Å². The summed E-state index contributed by atoms with van der Waals surface area (Å²) >= 11 is 7.98. The van der Waals surface area contributed by atoms with Gasteiger partial charge in [0.15, 0.2) is 0 Å². The van der Waals surface area contributed by atoms with Crippen molar-refractivity contribution in [2.24, 2.45) is 0 Å². The highest BCUT2D eigenvalue weighted by molar-refractivity contribution is 7.99. The summed E-state index contributed by atoms with van der Waals surface area (Å²) in [4.78, 5) is 40.7. The normalized spacial score (nSPS) is 16.0. The number of carbonyl (C=O) groups excluding carboxylic acids is 2. The number of halogens is 1. The van der Waals surface area contributed by atoms with Crippen molar-refractivity contribution in [1.82, 2.24) is 9.47 Å². The van der Waals surface area contributed by atoms with Gasteiger partial charge in [0, 0.05) is 38.5 Å². The van der Waals surface area contributed by atoms with Crippen LogP contribution in [0.2, 0.25) is 5.02 Å². The highest BCUT2D eigenvalue weighted by atomic mass is 35.5. The van der Waals surface area contributed by atoms with Crippen molar-refractivity contribution < 1.29 is 14.3 Å². The first-order valence-electron chi connectivity index (χ1n) is 9.12. The minimum Gasteiger partial charge on any atom is -0.462 e. The molecule has 2 aromatic rings. The van der Waals surface area contributed by atoms with Gasteiger partial charge in [-0.15, -0.1) is 0 Å². The number of thioether (sulfide) groups is 1. The summed E-state index contributed by atoms with van der Waals surface area (Å²) in [6.07, 6.45) is 0. The van der Waals surface area contributed by atoms with Crippen LogP contribution >= 0.6 is 23.4 Å². The Hall–Kier alpha value is -2.19. The van der Waals surface area contributed by atoms with Crippen LogP contribution in [0.5, 0.6) is 0 Å². The number of aromatic nitrogens is 1. The molecule has 9 heteroatoms. The van der Waals surface area contributed by atoms with E-state index < -0.39 is 5.97 Å². The Morgan fingerprint density at radius 1 is 1.21 bits per heavy atom. The lowest BCUT2D eigenvalue weighted by Crippen LogP contribution is -2.48. The molecule has 0 bridgehead atoms. The van der Waals surface area contributed by atoms with E-state index in [2.05, 4.69) is 4.90 Å². The number of fused-ring (bicyclic) bond motifs is 3. The van der Waals surface area contributed by atoms with Crippen molar-refractivity contribution in [2.45, 2.75) is 24.8 Å². The molecule has 28 heavy (non-hydrogen) atoms. The highest BCUT2D eigenvalue weighted by Crippen LogP contribution is 2.39. The number of piperazine rings is 1. The Morgan fingerprint density at radius 2 is 1.93 bits per heavy atom. The SMILES string of the molecule is CCOC(=O)c1c2n(c3cc(N4CCN(C(C)=O)CC4)c(Cl)cc3c1=O)CS2. The molecule has 4 rings (SSSR count). The topological polar surface area (TPSA) is 71.8 Å². The van der Waals surface area contributed by atoms with Crippen LogP contribution in [0.3, 0.4) is 0 Å². The summed E-state index contributed by atoms with van der Waals surface area (Å²) in [5.74, 6) is 0.143. The molecule has 1 fully saturated rings. The number of esters is 1. The highest BCUT2D eigenvalue weighted by Gasteiger charge is 2.30. The Labute approximate surface area is 171 Å². The predicted octanol–water partition coefficient (Wildman–Crippen LogP) is 2.56. The summed E-state index contributed by atoms with van der Waals surface area (Å²) in [6, 6.07) is 3.56. The van der Waals surface area contributed by atoms with Gasteiger partial charge in [0.2, 0.25) is 11.3 Å². The molecule has 148 valence electrons. The molecule has 1 saturated heterocycles. The third-order valence-corrected chi connectivity index (χ3v) is 6.55. The number of hydrogen-bond acceptors (Lipinski definition) is 6. The van der Waals surface area contributed by atoms with Crippen LogP contribution in [-0.4, -0.2) is 54.1 Å². The summed E-state index contributed by atoms with van der Waals surface area (Å²) in [6.45, 7) is 6.13. The number of carbonyl (C=O) groups is 2. The van der Waals surface area contributed by atoms with Crippen molar-refractivity contribution in [3.8, 4) is 0 Å². The van der Waals surface area contributed by atoms with E-state index in [1.54, 1.807) is 19.9 Å². The van der Waals surface area contributed by atoms with Crippen LogP contribution in [0, 0.1) is 0 Å². The van der Waals surface area contributed by atoms with Gasteiger partial charge in [-0.3, -0.25) is 9.59 Å². The minimum atomic E-state index is -0.592. The number of ether oxygens (including phenoxy) is 1. The zero-order chi connectivity index (χ0) is 20.0. The Balaban J connectivity index is 1.77. The average molecular weight is 422 g/mol. The van der Waals surface area contributed by atoms with E-state index in [1.165, 1.54) is 11.8 Å². The van der Waals surface area contributed by atoms with E-state index in [0.29, 0.717) is 47.5 Å². The zero-order valence-electron chi connectivity index (χ0n) is 15.7. The summed E-state index contributed by atoms with van der Waals surface area (Å²) in [5, 5.41) is 1.53. The van der Waals surface area contributed by atoms with Gasteiger partial charge in [-0.05, 0) is 19.1 Å². The second-order valence-corrected chi connectivity index (χ2v) is 8.09. The molecular formula is C19H20ClN3O4S. The Kier molecular flexibility index (Phi) is 5.01. The predicted molar refractivity (Wildman–Crippen MR) is 109 cm³/mol. The second-order valence-electron chi connectivity index (χ2n) is 6.75. The average Bonchev–Trinajstić information content (AvgIpc) is 2.65. The van der Waals surface area contributed by atoms with E-state index in [-0.39, 0.29) is 23.5 Å². The molecule has 1 aromatic heterocycles. The maximum absolute atomic E-state index is 13.0. The molecule has 0 atom stereocenters. The fraction of sp³-hybridized carbons (Fsp3) is 0.421. The fourth-order valence-electron chi connectivity index (χ4n) is 3.66. The number of nitrogens with zero attached hydrogens (tertiary/aromatic N) is 3. The molecule has 3 heterocycles. The molecule has 0 unspecified atom stereocenters. The quantitative estimate of drug-likeness (QED) is 0.709. The van der Waals surface area contributed by atoms with Gasteiger partial charge in [-0.2, -0.15) is 0 Å². The van der Waals surface area contributed by atoms with Crippen LogP contribution in [0.4, 0.5) is 5.69 Å². The molecule has 1 aromatic carbocycles. The van der Waals surface area contributed by atoms with E-state index >= 15 is 0 Å².